The van der Waals surface area contributed by atoms with Gasteiger partial charge in [-0.05, 0) is 6.07 Å². The molecule has 0 radical (unpaired) electrons. The van der Waals surface area contributed by atoms with E-state index in [0.717, 1.165) is 11.3 Å². The average Bonchev–Trinajstić information content (AvgIpc) is 3.29. The number of anilines is 1. The number of fused-ring (bicyclic) bond motifs is 2. The minimum absolute atomic E-state index is 0.0163. The zero-order chi connectivity index (χ0) is 20.0. The van der Waals surface area contributed by atoms with Crippen LogP contribution < -0.4 is 15.8 Å². The van der Waals surface area contributed by atoms with E-state index in [-0.39, 0.29) is 24.5 Å². The number of nitrogens with one attached hydrogen (secondary N) is 1. The number of nitrogens with two attached hydrogens (primary N) is 1. The number of benzene rings is 1. The number of aromatic nitrogens is 4. The number of aromatic amines is 1. The minimum Gasteiger partial charge on any atom is -0.426 e. The molecule has 0 aliphatic carbocycles. The van der Waals surface area contributed by atoms with Gasteiger partial charge in [0.05, 0.1) is 25.6 Å². The van der Waals surface area contributed by atoms with Crippen LogP contribution in [-0.2, 0) is 20.4 Å². The molecule has 2 aliphatic rings. The van der Waals surface area contributed by atoms with Crippen molar-refractivity contribution in [2.24, 2.45) is 0 Å². The monoisotopic (exact) mass is 419 g/mol. The maximum Gasteiger partial charge on any atom is 0.397 e. The van der Waals surface area contributed by atoms with Crippen LogP contribution in [0.2, 0.25) is 0 Å². The lowest BCUT2D eigenvalue weighted by Crippen LogP contribution is -2.26. The highest BCUT2D eigenvalue weighted by atomic mass is 31.2. The fourth-order valence-corrected chi connectivity index (χ4v) is 4.36. The van der Waals surface area contributed by atoms with E-state index < -0.39 is 32.6 Å². The topological polar surface area (TPSA) is 147 Å². The molecule has 152 valence electrons. The third-order valence-corrected chi connectivity index (χ3v) is 5.83. The maximum atomic E-state index is 11.9. The Balaban J connectivity index is 1.26. The number of ether oxygens (including phenoxy) is 1. The van der Waals surface area contributed by atoms with Crippen LogP contribution in [0.5, 0.6) is 5.75 Å². The fourth-order valence-electron chi connectivity index (χ4n) is 3.33. The SMILES string of the molecule is Nc1nc2c(ncn2C2CC(O)C(COP3OCc4ccccc4O3)O2)c(=O)[nH]1. The van der Waals surface area contributed by atoms with Crippen molar-refractivity contribution >= 4 is 25.7 Å². The number of aliphatic hydroxyl groups is 1. The Hall–Kier alpha value is -2.56. The Bertz CT molecular complexity index is 1100. The summed E-state index contributed by atoms with van der Waals surface area (Å²) in [4.78, 5) is 22.5. The van der Waals surface area contributed by atoms with Crippen molar-refractivity contribution in [2.75, 3.05) is 12.3 Å². The first-order chi connectivity index (χ1) is 14.1. The van der Waals surface area contributed by atoms with Crippen LogP contribution in [0.3, 0.4) is 0 Å². The van der Waals surface area contributed by atoms with Crippen molar-refractivity contribution in [2.45, 2.75) is 31.5 Å². The van der Waals surface area contributed by atoms with Crippen molar-refractivity contribution < 1.29 is 23.4 Å². The van der Waals surface area contributed by atoms with Crippen LogP contribution in [0, 0.1) is 0 Å². The first-order valence-electron chi connectivity index (χ1n) is 8.96. The van der Waals surface area contributed by atoms with Gasteiger partial charge in [-0.1, -0.05) is 18.2 Å². The van der Waals surface area contributed by atoms with Gasteiger partial charge in [-0.15, -0.1) is 0 Å². The summed E-state index contributed by atoms with van der Waals surface area (Å²) < 4.78 is 24.5. The third kappa shape index (κ3) is 3.47. The molecule has 29 heavy (non-hydrogen) atoms. The van der Waals surface area contributed by atoms with E-state index in [4.69, 9.17) is 24.0 Å². The van der Waals surface area contributed by atoms with Crippen molar-refractivity contribution in [1.82, 2.24) is 19.5 Å². The smallest absolute Gasteiger partial charge is 0.397 e. The molecule has 11 nitrogen and oxygen atoms in total. The predicted octanol–water partition coefficient (Wildman–Crippen LogP) is 1.20. The highest BCUT2D eigenvalue weighted by Crippen LogP contribution is 2.47. The summed E-state index contributed by atoms with van der Waals surface area (Å²) in [5.74, 6) is 0.715. The van der Waals surface area contributed by atoms with Gasteiger partial charge in [0.2, 0.25) is 5.95 Å². The first kappa shape index (κ1) is 18.5. The normalized spacial score (nSPS) is 26.4. The van der Waals surface area contributed by atoms with Gasteiger partial charge in [0.25, 0.3) is 5.56 Å². The molecule has 0 amide bonds. The molecule has 1 fully saturated rings. The van der Waals surface area contributed by atoms with Crippen molar-refractivity contribution in [1.29, 1.82) is 0 Å². The number of aliphatic hydroxyl groups excluding tert-OH is 1. The largest absolute Gasteiger partial charge is 0.426 e. The molecule has 4 atom stereocenters. The maximum absolute atomic E-state index is 11.9. The molecular formula is C17H18N5O6P. The highest BCUT2D eigenvalue weighted by molar-refractivity contribution is 7.42. The number of imidazole rings is 1. The van der Waals surface area contributed by atoms with Crippen molar-refractivity contribution in [3.63, 3.8) is 0 Å². The molecule has 1 saturated heterocycles. The zero-order valence-electron chi connectivity index (χ0n) is 15.1. The van der Waals surface area contributed by atoms with E-state index in [1.165, 1.54) is 6.33 Å². The number of rotatable bonds is 4. The molecule has 4 N–H and O–H groups in total. The van der Waals surface area contributed by atoms with Crippen LogP contribution in [0.4, 0.5) is 5.95 Å². The third-order valence-electron chi connectivity index (χ3n) is 4.78. The molecule has 0 bridgehead atoms. The van der Waals surface area contributed by atoms with E-state index in [1.54, 1.807) is 4.57 Å². The molecule has 4 unspecified atom stereocenters. The van der Waals surface area contributed by atoms with E-state index in [2.05, 4.69) is 15.0 Å². The van der Waals surface area contributed by atoms with Crippen molar-refractivity contribution in [3.05, 3.63) is 46.5 Å². The Morgan fingerprint density at radius 3 is 3.17 bits per heavy atom. The molecule has 1 aromatic carbocycles. The second-order valence-corrected chi connectivity index (χ2v) is 7.85. The molecule has 4 heterocycles. The molecule has 5 rings (SSSR count). The Morgan fingerprint density at radius 1 is 1.41 bits per heavy atom. The fraction of sp³-hybridized carbons (Fsp3) is 0.353. The average molecular weight is 419 g/mol. The van der Waals surface area contributed by atoms with Gasteiger partial charge in [-0.3, -0.25) is 23.4 Å². The lowest BCUT2D eigenvalue weighted by atomic mass is 10.2. The van der Waals surface area contributed by atoms with Crippen LogP contribution in [0.15, 0.2) is 35.4 Å². The quantitative estimate of drug-likeness (QED) is 0.531. The summed E-state index contributed by atoms with van der Waals surface area (Å²) in [6, 6.07) is 7.59. The van der Waals surface area contributed by atoms with E-state index in [9.17, 15) is 9.90 Å². The van der Waals surface area contributed by atoms with Crippen LogP contribution in [-0.4, -0.2) is 43.4 Å². The van der Waals surface area contributed by atoms with Gasteiger partial charge in [-0.2, -0.15) is 4.98 Å². The van der Waals surface area contributed by atoms with Crippen molar-refractivity contribution in [3.8, 4) is 5.75 Å². The molecule has 12 heteroatoms. The number of hydrogen-bond donors (Lipinski definition) is 3. The molecule has 2 aromatic heterocycles. The first-order valence-corrected chi connectivity index (χ1v) is 10.1. The summed E-state index contributed by atoms with van der Waals surface area (Å²) in [5.41, 5.74) is 6.61. The zero-order valence-corrected chi connectivity index (χ0v) is 16.0. The van der Waals surface area contributed by atoms with Gasteiger partial charge in [0.1, 0.15) is 18.1 Å². The lowest BCUT2D eigenvalue weighted by molar-refractivity contribution is -0.0409. The second kappa shape index (κ2) is 7.36. The Labute approximate surface area is 165 Å². The van der Waals surface area contributed by atoms with E-state index in [0.29, 0.717) is 12.3 Å². The number of H-pyrrole nitrogens is 1. The van der Waals surface area contributed by atoms with Gasteiger partial charge in [0.15, 0.2) is 11.2 Å². The van der Waals surface area contributed by atoms with Crippen LogP contribution in [0.25, 0.3) is 11.2 Å². The summed E-state index contributed by atoms with van der Waals surface area (Å²) in [5, 5.41) is 10.4. The van der Waals surface area contributed by atoms with E-state index >= 15 is 0 Å². The number of nitrogens with zero attached hydrogens (tertiary/aromatic N) is 3. The minimum atomic E-state index is -1.57. The van der Waals surface area contributed by atoms with Gasteiger partial charge < -0.3 is 20.1 Å². The van der Waals surface area contributed by atoms with Gasteiger partial charge in [0, 0.05) is 12.0 Å². The summed E-state index contributed by atoms with van der Waals surface area (Å²) in [7, 11) is -1.57. The molecule has 0 spiro atoms. The standard InChI is InChI=1S/C17H18N5O6P/c18-17-20-15-14(16(24)21-17)19-8-22(15)13-5-10(23)12(27-13)7-26-29-25-6-9-3-1-2-4-11(9)28-29/h1-4,8,10,12-13,23H,5-7H2,(H3,18,20,21,24). The number of hydrogen-bond acceptors (Lipinski definition) is 9. The number of nitrogen functional groups attached to an aromatic ring is 1. The molecular weight excluding hydrogens is 401 g/mol. The van der Waals surface area contributed by atoms with Gasteiger partial charge in [-0.25, -0.2) is 4.98 Å². The Kier molecular flexibility index (Phi) is 4.69. The summed E-state index contributed by atoms with van der Waals surface area (Å²) in [6.07, 6.45) is -0.191. The van der Waals surface area contributed by atoms with Gasteiger partial charge >= 0.3 is 8.60 Å². The highest BCUT2D eigenvalue weighted by Gasteiger charge is 2.37. The van der Waals surface area contributed by atoms with E-state index in [1.807, 2.05) is 24.3 Å². The van der Waals surface area contributed by atoms with Crippen LogP contribution in [0.1, 0.15) is 18.2 Å². The summed E-state index contributed by atoms with van der Waals surface area (Å²) in [6.45, 7) is 0.496. The van der Waals surface area contributed by atoms with Crippen LogP contribution >= 0.6 is 8.60 Å². The summed E-state index contributed by atoms with van der Waals surface area (Å²) >= 11 is 0. The Morgan fingerprint density at radius 2 is 2.28 bits per heavy atom. The molecule has 0 saturated carbocycles. The molecule has 3 aromatic rings. The second-order valence-electron chi connectivity index (χ2n) is 6.70. The lowest BCUT2D eigenvalue weighted by Gasteiger charge is -2.25. The molecule has 2 aliphatic heterocycles. The number of para-hydroxylation sites is 1. The predicted molar refractivity (Wildman–Crippen MR) is 102 cm³/mol.